The number of anilines is 1. The number of nitrogens with two attached hydrogens (primary N) is 1. The first-order valence-electron chi connectivity index (χ1n) is 6.48. The first kappa shape index (κ1) is 12.6. The quantitative estimate of drug-likeness (QED) is 0.400. The Morgan fingerprint density at radius 2 is 1.95 bits per heavy atom. The summed E-state index contributed by atoms with van der Waals surface area (Å²) in [6.45, 7) is 0. The summed E-state index contributed by atoms with van der Waals surface area (Å²) < 4.78 is 3.15. The lowest BCUT2D eigenvalue weighted by atomic mass is 10.1. The Labute approximate surface area is 134 Å². The van der Waals surface area contributed by atoms with Crippen LogP contribution in [0, 0.1) is 3.57 Å². The van der Waals surface area contributed by atoms with E-state index >= 15 is 0 Å². The standard InChI is InChI=1S/C16H11IN4/c17-14-7-12(18)5-11-6-16(20-8-13(11)14)21-4-2-10-1-3-19-9-15(10)21/h1-9H,18H2. The molecule has 0 atom stereocenters. The van der Waals surface area contributed by atoms with E-state index in [0.29, 0.717) is 0 Å². The molecule has 1 aromatic carbocycles. The maximum absolute atomic E-state index is 5.94. The van der Waals surface area contributed by atoms with Crippen molar-refractivity contribution < 1.29 is 0 Å². The number of nitrogens with zero attached hydrogens (tertiary/aromatic N) is 3. The number of rotatable bonds is 1. The van der Waals surface area contributed by atoms with Gasteiger partial charge in [-0.05, 0) is 58.3 Å². The van der Waals surface area contributed by atoms with Gasteiger partial charge in [0.05, 0.1) is 11.7 Å². The fourth-order valence-electron chi connectivity index (χ4n) is 2.53. The molecule has 102 valence electrons. The van der Waals surface area contributed by atoms with Crippen LogP contribution in [0.15, 0.2) is 55.1 Å². The van der Waals surface area contributed by atoms with Crippen molar-refractivity contribution in [2.24, 2.45) is 0 Å². The molecule has 4 aromatic rings. The predicted octanol–water partition coefficient (Wildman–Crippen LogP) is 3.76. The monoisotopic (exact) mass is 386 g/mol. The van der Waals surface area contributed by atoms with Gasteiger partial charge in [-0.2, -0.15) is 0 Å². The molecule has 3 heterocycles. The van der Waals surface area contributed by atoms with Crippen molar-refractivity contribution in [1.29, 1.82) is 0 Å². The molecule has 3 aromatic heterocycles. The zero-order valence-electron chi connectivity index (χ0n) is 11.0. The van der Waals surface area contributed by atoms with E-state index in [1.54, 1.807) is 6.20 Å². The highest BCUT2D eigenvalue weighted by Crippen LogP contribution is 2.26. The largest absolute Gasteiger partial charge is 0.399 e. The van der Waals surface area contributed by atoms with Gasteiger partial charge in [-0.3, -0.25) is 9.55 Å². The lowest BCUT2D eigenvalue weighted by Crippen LogP contribution is -1.97. The van der Waals surface area contributed by atoms with E-state index < -0.39 is 0 Å². The number of hydrogen-bond acceptors (Lipinski definition) is 3. The van der Waals surface area contributed by atoms with Gasteiger partial charge in [0.25, 0.3) is 0 Å². The maximum Gasteiger partial charge on any atom is 0.137 e. The molecule has 0 saturated carbocycles. The second kappa shape index (κ2) is 4.70. The van der Waals surface area contributed by atoms with Crippen molar-refractivity contribution in [3.05, 3.63) is 58.7 Å². The van der Waals surface area contributed by atoms with Crippen LogP contribution in [0.3, 0.4) is 0 Å². The van der Waals surface area contributed by atoms with Crippen molar-refractivity contribution >= 4 is 50.0 Å². The Morgan fingerprint density at radius 3 is 2.86 bits per heavy atom. The lowest BCUT2D eigenvalue weighted by molar-refractivity contribution is 1.05. The summed E-state index contributed by atoms with van der Waals surface area (Å²) in [6.07, 6.45) is 7.56. The highest BCUT2D eigenvalue weighted by Gasteiger charge is 2.07. The molecule has 0 radical (unpaired) electrons. The molecule has 0 amide bonds. The van der Waals surface area contributed by atoms with Crippen molar-refractivity contribution in [1.82, 2.24) is 14.5 Å². The molecule has 0 spiro atoms. The van der Waals surface area contributed by atoms with E-state index in [1.807, 2.05) is 41.4 Å². The summed E-state index contributed by atoms with van der Waals surface area (Å²) in [5.41, 5.74) is 7.75. The van der Waals surface area contributed by atoms with E-state index in [9.17, 15) is 0 Å². The summed E-state index contributed by atoms with van der Waals surface area (Å²) in [4.78, 5) is 8.77. The number of benzene rings is 1. The molecule has 0 fully saturated rings. The average molecular weight is 386 g/mol. The molecular formula is C16H11IN4. The molecular weight excluding hydrogens is 375 g/mol. The highest BCUT2D eigenvalue weighted by molar-refractivity contribution is 14.1. The van der Waals surface area contributed by atoms with Crippen LogP contribution in [0.4, 0.5) is 5.69 Å². The molecule has 2 N–H and O–H groups in total. The zero-order valence-corrected chi connectivity index (χ0v) is 13.2. The summed E-state index contributed by atoms with van der Waals surface area (Å²) in [7, 11) is 0. The highest BCUT2D eigenvalue weighted by atomic mass is 127. The van der Waals surface area contributed by atoms with Crippen LogP contribution in [0.25, 0.3) is 27.5 Å². The van der Waals surface area contributed by atoms with Crippen molar-refractivity contribution in [2.75, 3.05) is 5.73 Å². The fraction of sp³-hybridized carbons (Fsp3) is 0. The zero-order chi connectivity index (χ0) is 14.4. The minimum Gasteiger partial charge on any atom is -0.399 e. The minimum absolute atomic E-state index is 0.767. The number of nitrogen functional groups attached to an aromatic ring is 1. The molecule has 0 unspecified atom stereocenters. The molecule has 21 heavy (non-hydrogen) atoms. The SMILES string of the molecule is Nc1cc(I)c2cnc(-n3ccc4ccncc43)cc2c1. The summed E-state index contributed by atoms with van der Waals surface area (Å²) in [5.74, 6) is 0.868. The number of fused-ring (bicyclic) bond motifs is 2. The topological polar surface area (TPSA) is 56.7 Å². The van der Waals surface area contributed by atoms with E-state index in [0.717, 1.165) is 36.8 Å². The first-order chi connectivity index (χ1) is 10.2. The lowest BCUT2D eigenvalue weighted by Gasteiger charge is -2.08. The molecule has 0 aliphatic rings. The van der Waals surface area contributed by atoms with Gasteiger partial charge < -0.3 is 5.73 Å². The van der Waals surface area contributed by atoms with E-state index in [4.69, 9.17) is 5.73 Å². The minimum atomic E-state index is 0.767. The Hall–Kier alpha value is -2.15. The van der Waals surface area contributed by atoms with Crippen molar-refractivity contribution in [2.45, 2.75) is 0 Å². The average Bonchev–Trinajstić information content (AvgIpc) is 2.90. The molecule has 4 rings (SSSR count). The summed E-state index contributed by atoms with van der Waals surface area (Å²) in [5, 5.41) is 3.35. The predicted molar refractivity (Wildman–Crippen MR) is 93.5 cm³/mol. The van der Waals surface area contributed by atoms with Crippen LogP contribution in [0.1, 0.15) is 0 Å². The van der Waals surface area contributed by atoms with Crippen molar-refractivity contribution in [3.8, 4) is 5.82 Å². The Balaban J connectivity index is 1.98. The van der Waals surface area contributed by atoms with E-state index in [2.05, 4.69) is 44.7 Å². The number of pyridine rings is 2. The van der Waals surface area contributed by atoms with E-state index in [-0.39, 0.29) is 0 Å². The van der Waals surface area contributed by atoms with Gasteiger partial charge in [0.2, 0.25) is 0 Å². The molecule has 4 nitrogen and oxygen atoms in total. The van der Waals surface area contributed by atoms with Crippen LogP contribution in [-0.2, 0) is 0 Å². The van der Waals surface area contributed by atoms with Crippen LogP contribution < -0.4 is 5.73 Å². The van der Waals surface area contributed by atoms with Crippen molar-refractivity contribution in [3.63, 3.8) is 0 Å². The maximum atomic E-state index is 5.94. The summed E-state index contributed by atoms with van der Waals surface area (Å²) in [6, 6.07) is 10.0. The van der Waals surface area contributed by atoms with Crippen LogP contribution in [0.2, 0.25) is 0 Å². The van der Waals surface area contributed by atoms with Gasteiger partial charge in [-0.25, -0.2) is 4.98 Å². The normalized spacial score (nSPS) is 11.3. The second-order valence-electron chi connectivity index (χ2n) is 4.89. The van der Waals surface area contributed by atoms with Gasteiger partial charge in [-0.1, -0.05) is 0 Å². The molecule has 0 saturated heterocycles. The van der Waals surface area contributed by atoms with Crippen LogP contribution in [0.5, 0.6) is 0 Å². The third-order valence-electron chi connectivity index (χ3n) is 3.54. The van der Waals surface area contributed by atoms with Crippen LogP contribution >= 0.6 is 22.6 Å². The Kier molecular flexibility index (Phi) is 2.81. The fourth-order valence-corrected chi connectivity index (χ4v) is 3.34. The molecule has 0 aliphatic heterocycles. The third kappa shape index (κ3) is 2.04. The molecule has 5 heteroatoms. The Morgan fingerprint density at radius 1 is 1.05 bits per heavy atom. The molecule has 0 bridgehead atoms. The van der Waals surface area contributed by atoms with Gasteiger partial charge in [0, 0.05) is 38.6 Å². The first-order valence-corrected chi connectivity index (χ1v) is 7.56. The smallest absolute Gasteiger partial charge is 0.137 e. The van der Waals surface area contributed by atoms with Gasteiger partial charge in [-0.15, -0.1) is 0 Å². The Bertz CT molecular complexity index is 975. The number of aromatic nitrogens is 3. The second-order valence-corrected chi connectivity index (χ2v) is 6.05. The van der Waals surface area contributed by atoms with Gasteiger partial charge in [0.15, 0.2) is 0 Å². The number of halogens is 1. The van der Waals surface area contributed by atoms with E-state index in [1.165, 1.54) is 0 Å². The van der Waals surface area contributed by atoms with Gasteiger partial charge >= 0.3 is 0 Å². The molecule has 0 aliphatic carbocycles. The number of hydrogen-bond donors (Lipinski definition) is 1. The third-order valence-corrected chi connectivity index (χ3v) is 4.43. The van der Waals surface area contributed by atoms with Crippen LogP contribution in [-0.4, -0.2) is 14.5 Å². The van der Waals surface area contributed by atoms with Gasteiger partial charge in [0.1, 0.15) is 5.82 Å². The summed E-state index contributed by atoms with van der Waals surface area (Å²) >= 11 is 2.29.